The van der Waals surface area contributed by atoms with Gasteiger partial charge in [0.1, 0.15) is 5.82 Å². The van der Waals surface area contributed by atoms with E-state index in [1.807, 2.05) is 11.0 Å². The van der Waals surface area contributed by atoms with Crippen molar-refractivity contribution in [3.05, 3.63) is 35.6 Å². The Morgan fingerprint density at radius 1 is 1.42 bits per heavy atom. The molecule has 1 rings (SSSR count). The fourth-order valence-electron chi connectivity index (χ4n) is 1.85. The fraction of sp³-hybridized carbons (Fsp3) is 0.500. The van der Waals surface area contributed by atoms with Crippen LogP contribution in [0, 0.1) is 5.82 Å². The average Bonchev–Trinajstić information content (AvgIpc) is 2.36. The molecule has 1 aromatic rings. The van der Waals surface area contributed by atoms with Crippen LogP contribution in [0.15, 0.2) is 24.3 Å². The van der Waals surface area contributed by atoms with Crippen LogP contribution in [-0.2, 0) is 16.1 Å². The highest BCUT2D eigenvalue weighted by Crippen LogP contribution is 2.08. The Morgan fingerprint density at radius 2 is 2.21 bits per heavy atom. The SMILES string of the molecule is COCCCN(CCC(=O)O)Cc1cccc(F)c1. The van der Waals surface area contributed by atoms with Gasteiger partial charge in [-0.25, -0.2) is 4.39 Å². The van der Waals surface area contributed by atoms with Crippen LogP contribution in [0.2, 0.25) is 0 Å². The summed E-state index contributed by atoms with van der Waals surface area (Å²) in [6, 6.07) is 6.38. The van der Waals surface area contributed by atoms with Crippen molar-refractivity contribution in [3.63, 3.8) is 0 Å². The standard InChI is InChI=1S/C14H20FNO3/c1-19-9-3-7-16(8-6-14(17)18)11-12-4-2-5-13(15)10-12/h2,4-5,10H,3,6-9,11H2,1H3,(H,17,18). The molecule has 0 saturated heterocycles. The maximum Gasteiger partial charge on any atom is 0.304 e. The summed E-state index contributed by atoms with van der Waals surface area (Å²) >= 11 is 0. The zero-order chi connectivity index (χ0) is 14.1. The van der Waals surface area contributed by atoms with Crippen LogP contribution >= 0.6 is 0 Å². The molecule has 5 heteroatoms. The van der Waals surface area contributed by atoms with Crippen LogP contribution < -0.4 is 0 Å². The molecule has 0 amide bonds. The van der Waals surface area contributed by atoms with E-state index in [4.69, 9.17) is 9.84 Å². The van der Waals surface area contributed by atoms with Gasteiger partial charge in [-0.05, 0) is 24.1 Å². The Balaban J connectivity index is 2.53. The highest BCUT2D eigenvalue weighted by Gasteiger charge is 2.08. The van der Waals surface area contributed by atoms with Gasteiger partial charge >= 0.3 is 5.97 Å². The fourth-order valence-corrected chi connectivity index (χ4v) is 1.85. The zero-order valence-corrected chi connectivity index (χ0v) is 11.1. The second-order valence-electron chi connectivity index (χ2n) is 4.40. The molecular formula is C14H20FNO3. The lowest BCUT2D eigenvalue weighted by Crippen LogP contribution is -2.27. The van der Waals surface area contributed by atoms with Crippen LogP contribution in [0.25, 0.3) is 0 Å². The third-order valence-electron chi connectivity index (χ3n) is 2.76. The maximum atomic E-state index is 13.1. The minimum absolute atomic E-state index is 0.0856. The van der Waals surface area contributed by atoms with Crippen LogP contribution in [0.3, 0.4) is 0 Å². The summed E-state index contributed by atoms with van der Waals surface area (Å²) in [5.74, 6) is -1.09. The predicted molar refractivity (Wildman–Crippen MR) is 70.4 cm³/mol. The van der Waals surface area contributed by atoms with Crippen molar-refractivity contribution in [1.82, 2.24) is 4.90 Å². The lowest BCUT2D eigenvalue weighted by molar-refractivity contribution is -0.137. The number of methoxy groups -OCH3 is 1. The number of nitrogens with zero attached hydrogens (tertiary/aromatic N) is 1. The van der Waals surface area contributed by atoms with Gasteiger partial charge in [0.05, 0.1) is 6.42 Å². The van der Waals surface area contributed by atoms with E-state index >= 15 is 0 Å². The Hall–Kier alpha value is -1.46. The Bertz CT molecular complexity index is 398. The zero-order valence-electron chi connectivity index (χ0n) is 11.1. The summed E-state index contributed by atoms with van der Waals surface area (Å²) in [5.41, 5.74) is 0.850. The smallest absolute Gasteiger partial charge is 0.304 e. The van der Waals surface area contributed by atoms with Crippen LogP contribution in [0.1, 0.15) is 18.4 Å². The van der Waals surface area contributed by atoms with E-state index in [1.165, 1.54) is 12.1 Å². The lowest BCUT2D eigenvalue weighted by Gasteiger charge is -2.21. The molecule has 0 saturated carbocycles. The van der Waals surface area contributed by atoms with Crippen molar-refractivity contribution >= 4 is 5.97 Å². The van der Waals surface area contributed by atoms with Crippen molar-refractivity contribution in [2.24, 2.45) is 0 Å². The lowest BCUT2D eigenvalue weighted by atomic mass is 10.2. The number of carboxylic acid groups (broad SMARTS) is 1. The van der Waals surface area contributed by atoms with Crippen molar-refractivity contribution < 1.29 is 19.0 Å². The van der Waals surface area contributed by atoms with Gasteiger partial charge in [0.25, 0.3) is 0 Å². The first-order chi connectivity index (χ1) is 9.11. The van der Waals surface area contributed by atoms with Crippen molar-refractivity contribution in [2.75, 3.05) is 26.8 Å². The molecule has 19 heavy (non-hydrogen) atoms. The Labute approximate surface area is 112 Å². The molecule has 0 aliphatic heterocycles. The largest absolute Gasteiger partial charge is 0.481 e. The first-order valence-corrected chi connectivity index (χ1v) is 6.29. The molecule has 106 valence electrons. The summed E-state index contributed by atoms with van der Waals surface area (Å²) in [4.78, 5) is 12.6. The third kappa shape index (κ3) is 6.88. The van der Waals surface area contributed by atoms with Gasteiger partial charge in [-0.3, -0.25) is 9.69 Å². The number of hydrogen-bond donors (Lipinski definition) is 1. The van der Waals surface area contributed by atoms with Gasteiger partial charge in [-0.15, -0.1) is 0 Å². The Kier molecular flexibility index (Phi) is 7.07. The van der Waals surface area contributed by atoms with E-state index < -0.39 is 5.97 Å². The highest BCUT2D eigenvalue weighted by atomic mass is 19.1. The van der Waals surface area contributed by atoms with E-state index in [0.717, 1.165) is 18.5 Å². The van der Waals surface area contributed by atoms with Gasteiger partial charge in [0.2, 0.25) is 0 Å². The van der Waals surface area contributed by atoms with E-state index in [9.17, 15) is 9.18 Å². The Morgan fingerprint density at radius 3 is 2.84 bits per heavy atom. The molecule has 0 atom stereocenters. The quantitative estimate of drug-likeness (QED) is 0.698. The number of carbonyl (C=O) groups is 1. The summed E-state index contributed by atoms with van der Waals surface area (Å²) in [7, 11) is 1.63. The summed E-state index contributed by atoms with van der Waals surface area (Å²) in [6.07, 6.45) is 0.910. The number of halogens is 1. The predicted octanol–water partition coefficient (Wildman–Crippen LogP) is 2.14. The van der Waals surface area contributed by atoms with Gasteiger partial charge in [-0.2, -0.15) is 0 Å². The normalized spacial score (nSPS) is 10.9. The van der Waals surface area contributed by atoms with Gasteiger partial charge in [-0.1, -0.05) is 12.1 Å². The van der Waals surface area contributed by atoms with E-state index in [-0.39, 0.29) is 12.2 Å². The molecule has 0 aliphatic carbocycles. The summed E-state index contributed by atoms with van der Waals surface area (Å²) < 4.78 is 18.1. The van der Waals surface area contributed by atoms with Crippen molar-refractivity contribution in [3.8, 4) is 0 Å². The molecule has 1 N–H and O–H groups in total. The van der Waals surface area contributed by atoms with E-state index in [2.05, 4.69) is 0 Å². The number of aliphatic carboxylic acids is 1. The molecule has 1 aromatic carbocycles. The molecule has 4 nitrogen and oxygen atoms in total. The molecule has 0 spiro atoms. The van der Waals surface area contributed by atoms with Crippen LogP contribution in [-0.4, -0.2) is 42.8 Å². The van der Waals surface area contributed by atoms with Gasteiger partial charge < -0.3 is 9.84 Å². The van der Waals surface area contributed by atoms with Gasteiger partial charge in [0, 0.05) is 33.4 Å². The number of rotatable bonds is 9. The molecule has 0 aliphatic rings. The van der Waals surface area contributed by atoms with Crippen LogP contribution in [0.5, 0.6) is 0 Å². The minimum atomic E-state index is -0.823. The molecule has 0 unspecified atom stereocenters. The highest BCUT2D eigenvalue weighted by molar-refractivity contribution is 5.66. The maximum absolute atomic E-state index is 13.1. The molecule has 0 heterocycles. The average molecular weight is 269 g/mol. The summed E-state index contributed by atoms with van der Waals surface area (Å²) in [6.45, 7) is 2.37. The second-order valence-corrected chi connectivity index (χ2v) is 4.40. The molecule has 0 fully saturated rings. The first kappa shape index (κ1) is 15.6. The van der Waals surface area contributed by atoms with Crippen LogP contribution in [0.4, 0.5) is 4.39 Å². The van der Waals surface area contributed by atoms with Crippen molar-refractivity contribution in [2.45, 2.75) is 19.4 Å². The number of carboxylic acids is 1. The molecule has 0 radical (unpaired) electrons. The number of ether oxygens (including phenoxy) is 1. The van der Waals surface area contributed by atoms with Crippen molar-refractivity contribution in [1.29, 1.82) is 0 Å². The monoisotopic (exact) mass is 269 g/mol. The molecule has 0 aromatic heterocycles. The topological polar surface area (TPSA) is 49.8 Å². The number of benzene rings is 1. The minimum Gasteiger partial charge on any atom is -0.481 e. The second kappa shape index (κ2) is 8.61. The number of hydrogen-bond acceptors (Lipinski definition) is 3. The third-order valence-corrected chi connectivity index (χ3v) is 2.76. The van der Waals surface area contributed by atoms with E-state index in [0.29, 0.717) is 19.7 Å². The summed E-state index contributed by atoms with van der Waals surface area (Å²) in [5, 5.41) is 8.73. The first-order valence-electron chi connectivity index (χ1n) is 6.29. The molecule has 0 bridgehead atoms. The van der Waals surface area contributed by atoms with E-state index in [1.54, 1.807) is 13.2 Å². The van der Waals surface area contributed by atoms with Gasteiger partial charge in [0.15, 0.2) is 0 Å². The molecular weight excluding hydrogens is 249 g/mol.